The number of nitrogens with one attached hydrogen (secondary N) is 1. The second-order valence-corrected chi connectivity index (χ2v) is 8.51. The van der Waals surface area contributed by atoms with Crippen LogP contribution >= 0.6 is 0 Å². The Morgan fingerprint density at radius 3 is 2.43 bits per heavy atom. The van der Waals surface area contributed by atoms with Crippen molar-refractivity contribution in [2.45, 2.75) is 50.9 Å². The summed E-state index contributed by atoms with van der Waals surface area (Å²) >= 11 is 0. The lowest BCUT2D eigenvalue weighted by atomic mass is 9.90. The highest BCUT2D eigenvalue weighted by Gasteiger charge is 2.29. The molecule has 28 heavy (non-hydrogen) atoms. The molecule has 3 saturated heterocycles. The molecule has 5 nitrogen and oxygen atoms in total. The van der Waals surface area contributed by atoms with E-state index in [9.17, 15) is 14.0 Å². The van der Waals surface area contributed by atoms with Crippen molar-refractivity contribution in [3.63, 3.8) is 0 Å². The number of nitrogens with zero attached hydrogens (tertiary/aromatic N) is 2. The maximum absolute atomic E-state index is 14.8. The summed E-state index contributed by atoms with van der Waals surface area (Å²) in [5.74, 6) is -0.555. The first-order valence-corrected chi connectivity index (χ1v) is 10.7. The Balaban J connectivity index is 1.35. The lowest BCUT2D eigenvalue weighted by Gasteiger charge is -2.37. The topological polar surface area (TPSA) is 52.7 Å². The summed E-state index contributed by atoms with van der Waals surface area (Å²) in [6.45, 7) is 5.42. The molecule has 152 valence electrons. The van der Waals surface area contributed by atoms with Crippen LogP contribution in [-0.4, -0.2) is 49.4 Å². The van der Waals surface area contributed by atoms with Crippen molar-refractivity contribution in [1.29, 1.82) is 0 Å². The van der Waals surface area contributed by atoms with Crippen molar-refractivity contribution in [1.82, 2.24) is 10.2 Å². The number of hydrogen-bond acceptors (Lipinski definition) is 4. The fourth-order valence-corrected chi connectivity index (χ4v) is 4.87. The van der Waals surface area contributed by atoms with Gasteiger partial charge in [0, 0.05) is 26.1 Å². The van der Waals surface area contributed by atoms with Gasteiger partial charge in [-0.15, -0.1) is 0 Å². The molecule has 4 rings (SSSR count). The largest absolute Gasteiger partial charge is 0.369 e. The summed E-state index contributed by atoms with van der Waals surface area (Å²) in [6, 6.07) is 5.13. The van der Waals surface area contributed by atoms with Gasteiger partial charge in [0.1, 0.15) is 5.82 Å². The minimum atomic E-state index is -0.434. The number of anilines is 1. The van der Waals surface area contributed by atoms with E-state index in [1.54, 1.807) is 6.07 Å². The van der Waals surface area contributed by atoms with Crippen LogP contribution in [0, 0.1) is 11.7 Å². The second kappa shape index (κ2) is 8.60. The lowest BCUT2D eigenvalue weighted by molar-refractivity contribution is -0.134. The summed E-state index contributed by atoms with van der Waals surface area (Å²) in [5, 5.41) is 2.35. The Morgan fingerprint density at radius 2 is 1.75 bits per heavy atom. The van der Waals surface area contributed by atoms with Crippen molar-refractivity contribution in [2.24, 2.45) is 5.92 Å². The lowest BCUT2D eigenvalue weighted by Crippen LogP contribution is -2.41. The van der Waals surface area contributed by atoms with Crippen molar-refractivity contribution >= 4 is 17.5 Å². The molecule has 1 aromatic carbocycles. The van der Waals surface area contributed by atoms with Gasteiger partial charge in [-0.05, 0) is 68.8 Å². The zero-order chi connectivity index (χ0) is 19.5. The first-order chi connectivity index (χ1) is 13.6. The third kappa shape index (κ3) is 4.37. The highest BCUT2D eigenvalue weighted by Crippen LogP contribution is 2.31. The first-order valence-electron chi connectivity index (χ1n) is 10.7. The van der Waals surface area contributed by atoms with Gasteiger partial charge in [-0.25, -0.2) is 4.39 Å². The molecule has 3 heterocycles. The van der Waals surface area contributed by atoms with Gasteiger partial charge in [0.25, 0.3) is 0 Å². The molecule has 3 aliphatic rings. The van der Waals surface area contributed by atoms with Crippen LogP contribution in [0.25, 0.3) is 0 Å². The van der Waals surface area contributed by atoms with Gasteiger partial charge in [0.05, 0.1) is 11.6 Å². The predicted octanol–water partition coefficient (Wildman–Crippen LogP) is 3.05. The van der Waals surface area contributed by atoms with E-state index >= 15 is 0 Å². The molecule has 2 amide bonds. The minimum Gasteiger partial charge on any atom is -0.369 e. The molecule has 1 unspecified atom stereocenters. The number of piperidine rings is 3. The van der Waals surface area contributed by atoms with E-state index in [2.05, 4.69) is 15.1 Å². The molecule has 1 N–H and O–H groups in total. The normalized spacial score (nSPS) is 25.0. The van der Waals surface area contributed by atoms with Crippen molar-refractivity contribution in [2.75, 3.05) is 37.6 Å². The highest BCUT2D eigenvalue weighted by molar-refractivity contribution is 6.00. The van der Waals surface area contributed by atoms with Crippen LogP contribution in [0.5, 0.6) is 0 Å². The SMILES string of the molecule is O=C1CCC(c2ccc(N3CCC(CN4CCCCC4)CC3)c(F)c2)C(=O)N1. The van der Waals surface area contributed by atoms with E-state index in [-0.39, 0.29) is 17.6 Å². The van der Waals surface area contributed by atoms with Crippen LogP contribution in [0.4, 0.5) is 10.1 Å². The number of rotatable bonds is 4. The van der Waals surface area contributed by atoms with Crippen LogP contribution in [0.2, 0.25) is 0 Å². The van der Waals surface area contributed by atoms with E-state index in [0.29, 0.717) is 30.0 Å². The molecule has 6 heteroatoms. The average molecular weight is 387 g/mol. The van der Waals surface area contributed by atoms with E-state index in [4.69, 9.17) is 0 Å². The van der Waals surface area contributed by atoms with Gasteiger partial charge in [0.15, 0.2) is 0 Å². The van der Waals surface area contributed by atoms with E-state index in [1.165, 1.54) is 45.0 Å². The van der Waals surface area contributed by atoms with Crippen LogP contribution in [0.3, 0.4) is 0 Å². The monoisotopic (exact) mass is 387 g/mol. The van der Waals surface area contributed by atoms with Gasteiger partial charge in [-0.3, -0.25) is 14.9 Å². The van der Waals surface area contributed by atoms with Crippen molar-refractivity contribution in [3.05, 3.63) is 29.6 Å². The maximum Gasteiger partial charge on any atom is 0.234 e. The zero-order valence-corrected chi connectivity index (χ0v) is 16.5. The first kappa shape index (κ1) is 19.4. The Kier molecular flexibility index (Phi) is 5.95. The van der Waals surface area contributed by atoms with E-state index < -0.39 is 5.92 Å². The number of amides is 2. The average Bonchev–Trinajstić information content (AvgIpc) is 2.69. The summed E-state index contributed by atoms with van der Waals surface area (Å²) < 4.78 is 14.8. The highest BCUT2D eigenvalue weighted by atomic mass is 19.1. The fourth-order valence-electron chi connectivity index (χ4n) is 4.87. The van der Waals surface area contributed by atoms with Crippen LogP contribution in [0.15, 0.2) is 18.2 Å². The standard InChI is InChI=1S/C22H30FN3O2/c23-19-14-17(18-5-7-21(27)24-22(18)28)4-6-20(19)26-12-8-16(9-13-26)15-25-10-2-1-3-11-25/h4,6,14,16,18H,1-3,5,7-13,15H2,(H,24,27,28). The summed E-state index contributed by atoms with van der Waals surface area (Å²) in [7, 11) is 0. The minimum absolute atomic E-state index is 0.245. The molecule has 3 aliphatic heterocycles. The third-order valence-corrected chi connectivity index (χ3v) is 6.53. The maximum atomic E-state index is 14.8. The Bertz CT molecular complexity index is 724. The van der Waals surface area contributed by atoms with Gasteiger partial charge >= 0.3 is 0 Å². The molecule has 0 aromatic heterocycles. The molecule has 0 saturated carbocycles. The predicted molar refractivity (Wildman–Crippen MR) is 107 cm³/mol. The number of carbonyl (C=O) groups is 2. The van der Waals surface area contributed by atoms with Gasteiger partial charge in [0.2, 0.25) is 11.8 Å². The van der Waals surface area contributed by atoms with Gasteiger partial charge in [-0.1, -0.05) is 12.5 Å². The molecule has 1 aromatic rings. The molecular formula is C22H30FN3O2. The van der Waals surface area contributed by atoms with Gasteiger partial charge < -0.3 is 9.80 Å². The van der Waals surface area contributed by atoms with Crippen molar-refractivity contribution in [3.8, 4) is 0 Å². The molecule has 0 bridgehead atoms. The Labute approximate surface area is 166 Å². The number of likely N-dealkylation sites (tertiary alicyclic amines) is 1. The Hall–Kier alpha value is -1.95. The third-order valence-electron chi connectivity index (χ3n) is 6.53. The van der Waals surface area contributed by atoms with Crippen molar-refractivity contribution < 1.29 is 14.0 Å². The smallest absolute Gasteiger partial charge is 0.234 e. The summed E-state index contributed by atoms with van der Waals surface area (Å²) in [6.07, 6.45) is 6.97. The van der Waals surface area contributed by atoms with Gasteiger partial charge in [-0.2, -0.15) is 0 Å². The summed E-state index contributed by atoms with van der Waals surface area (Å²) in [4.78, 5) is 28.1. The van der Waals surface area contributed by atoms with Crippen LogP contribution in [-0.2, 0) is 9.59 Å². The fraction of sp³-hybridized carbons (Fsp3) is 0.636. The molecule has 0 radical (unpaired) electrons. The van der Waals surface area contributed by atoms with E-state index in [1.807, 2.05) is 6.07 Å². The van der Waals surface area contributed by atoms with E-state index in [0.717, 1.165) is 25.9 Å². The number of carbonyl (C=O) groups excluding carboxylic acids is 2. The quantitative estimate of drug-likeness (QED) is 0.807. The summed E-state index contributed by atoms with van der Waals surface area (Å²) in [5.41, 5.74) is 1.29. The molecular weight excluding hydrogens is 357 g/mol. The number of imide groups is 1. The molecule has 0 aliphatic carbocycles. The number of hydrogen-bond donors (Lipinski definition) is 1. The second-order valence-electron chi connectivity index (χ2n) is 8.51. The number of halogens is 1. The zero-order valence-electron chi connectivity index (χ0n) is 16.5. The molecule has 1 atom stereocenters. The molecule has 3 fully saturated rings. The number of benzene rings is 1. The van der Waals surface area contributed by atoms with Crippen LogP contribution < -0.4 is 10.2 Å². The van der Waals surface area contributed by atoms with Crippen LogP contribution in [0.1, 0.15) is 56.4 Å². The molecule has 0 spiro atoms. The Morgan fingerprint density at radius 1 is 1.00 bits per heavy atom.